The van der Waals surface area contributed by atoms with E-state index >= 15 is 0 Å². The van der Waals surface area contributed by atoms with Gasteiger partial charge in [-0.2, -0.15) is 14.4 Å². The third-order valence-electron chi connectivity index (χ3n) is 3.20. The fraction of sp³-hybridized carbons (Fsp3) is 0.600. The van der Waals surface area contributed by atoms with Crippen LogP contribution >= 0.6 is 11.6 Å². The molecule has 1 aliphatic heterocycles. The molecule has 3 N–H and O–H groups in total. The molecular weight excluding hydrogens is 259 g/mol. The molecule has 100 valence electrons. The Balaban J connectivity index is 2.30. The number of hydrazine groups is 1. The summed E-state index contributed by atoms with van der Waals surface area (Å²) >= 11 is 5.76. The Hall–Kier alpha value is -1.18. The maximum Gasteiger partial charge on any atom is 0.226 e. The molecule has 0 aliphatic carbocycles. The lowest BCUT2D eigenvalue weighted by Gasteiger charge is -2.38. The molecule has 1 aromatic rings. The predicted octanol–water partition coefficient (Wildman–Crippen LogP) is 0.695. The first-order valence-corrected chi connectivity index (χ1v) is 6.05. The molecule has 8 heteroatoms. The van der Waals surface area contributed by atoms with Gasteiger partial charge in [-0.3, -0.25) is 0 Å². The second kappa shape index (κ2) is 5.21. The lowest BCUT2D eigenvalue weighted by atomic mass is 10.2. The zero-order valence-corrected chi connectivity index (χ0v) is 11.1. The van der Waals surface area contributed by atoms with Crippen molar-refractivity contribution in [3.8, 4) is 0 Å². The molecule has 0 radical (unpaired) electrons. The second-order valence-electron chi connectivity index (χ2n) is 4.40. The van der Waals surface area contributed by atoms with Crippen molar-refractivity contribution >= 4 is 23.2 Å². The lowest BCUT2D eigenvalue weighted by molar-refractivity contribution is 0.232. The maximum absolute atomic E-state index is 14.1. The van der Waals surface area contributed by atoms with Gasteiger partial charge in [-0.15, -0.1) is 0 Å². The minimum atomic E-state index is -0.571. The number of rotatable bonds is 2. The number of piperazine rings is 1. The summed E-state index contributed by atoms with van der Waals surface area (Å²) in [6.07, 6.45) is 0. The molecule has 2 heterocycles. The van der Waals surface area contributed by atoms with Crippen LogP contribution in [0.2, 0.25) is 5.28 Å². The summed E-state index contributed by atoms with van der Waals surface area (Å²) in [6, 6.07) is 0.321. The summed E-state index contributed by atoms with van der Waals surface area (Å²) in [4.78, 5) is 11.7. The van der Waals surface area contributed by atoms with E-state index in [1.54, 1.807) is 0 Å². The van der Waals surface area contributed by atoms with Crippen LogP contribution in [0, 0.1) is 5.82 Å². The highest BCUT2D eigenvalue weighted by Gasteiger charge is 2.25. The van der Waals surface area contributed by atoms with Gasteiger partial charge in [-0.05, 0) is 25.6 Å². The van der Waals surface area contributed by atoms with Crippen LogP contribution in [0.1, 0.15) is 6.92 Å². The molecule has 0 amide bonds. The number of hydrogen-bond donors (Lipinski definition) is 2. The minimum absolute atomic E-state index is 0.0223. The Morgan fingerprint density at radius 2 is 2.17 bits per heavy atom. The first-order chi connectivity index (χ1) is 8.52. The van der Waals surface area contributed by atoms with Crippen molar-refractivity contribution in [3.05, 3.63) is 11.1 Å². The summed E-state index contributed by atoms with van der Waals surface area (Å²) in [6.45, 7) is 4.29. The van der Waals surface area contributed by atoms with Gasteiger partial charge in [0.05, 0.1) is 0 Å². The molecule has 1 aliphatic rings. The van der Waals surface area contributed by atoms with Crippen molar-refractivity contribution in [2.75, 3.05) is 37.0 Å². The van der Waals surface area contributed by atoms with Crippen molar-refractivity contribution in [1.29, 1.82) is 0 Å². The Kier molecular flexibility index (Phi) is 3.84. The average molecular weight is 275 g/mol. The highest BCUT2D eigenvalue weighted by molar-refractivity contribution is 6.28. The first-order valence-electron chi connectivity index (χ1n) is 5.67. The van der Waals surface area contributed by atoms with Crippen LogP contribution in [-0.2, 0) is 0 Å². The molecule has 0 unspecified atom stereocenters. The fourth-order valence-corrected chi connectivity index (χ4v) is 2.12. The van der Waals surface area contributed by atoms with Crippen LogP contribution < -0.4 is 16.2 Å². The molecular formula is C10H16ClFN6. The van der Waals surface area contributed by atoms with Crippen molar-refractivity contribution in [3.63, 3.8) is 0 Å². The zero-order valence-electron chi connectivity index (χ0n) is 10.3. The number of likely N-dealkylation sites (N-methyl/N-ethyl adjacent to an activating group) is 1. The van der Waals surface area contributed by atoms with Crippen LogP contribution in [-0.4, -0.2) is 47.6 Å². The van der Waals surface area contributed by atoms with Crippen molar-refractivity contribution < 1.29 is 4.39 Å². The van der Waals surface area contributed by atoms with Crippen LogP contribution in [0.3, 0.4) is 0 Å². The van der Waals surface area contributed by atoms with E-state index < -0.39 is 5.82 Å². The molecule has 0 aromatic carbocycles. The van der Waals surface area contributed by atoms with Crippen LogP contribution in [0.15, 0.2) is 0 Å². The van der Waals surface area contributed by atoms with E-state index in [1.165, 1.54) is 0 Å². The molecule has 1 saturated heterocycles. The molecule has 1 atom stereocenters. The summed E-state index contributed by atoms with van der Waals surface area (Å²) in [7, 11) is 2.04. The van der Waals surface area contributed by atoms with Gasteiger partial charge in [0, 0.05) is 25.7 Å². The van der Waals surface area contributed by atoms with Gasteiger partial charge in [0.25, 0.3) is 0 Å². The van der Waals surface area contributed by atoms with Crippen molar-refractivity contribution in [2.45, 2.75) is 13.0 Å². The zero-order chi connectivity index (χ0) is 13.3. The monoisotopic (exact) mass is 274 g/mol. The van der Waals surface area contributed by atoms with E-state index in [0.717, 1.165) is 6.54 Å². The normalized spacial score (nSPS) is 21.2. The lowest BCUT2D eigenvalue weighted by Crippen LogP contribution is -2.50. The van der Waals surface area contributed by atoms with Gasteiger partial charge in [-0.1, -0.05) is 0 Å². The summed E-state index contributed by atoms with van der Waals surface area (Å²) in [5.74, 6) is 4.74. The van der Waals surface area contributed by atoms with Crippen molar-refractivity contribution in [1.82, 2.24) is 14.9 Å². The summed E-state index contributed by atoms with van der Waals surface area (Å²) in [5, 5.41) is -0.0223. The first kappa shape index (κ1) is 13.3. The molecule has 18 heavy (non-hydrogen) atoms. The summed E-state index contributed by atoms with van der Waals surface area (Å²) in [5.41, 5.74) is 2.19. The van der Waals surface area contributed by atoms with Gasteiger partial charge in [0.1, 0.15) is 0 Å². The Morgan fingerprint density at radius 1 is 1.44 bits per heavy atom. The van der Waals surface area contributed by atoms with Gasteiger partial charge < -0.3 is 15.2 Å². The van der Waals surface area contributed by atoms with E-state index in [-0.39, 0.29) is 16.9 Å². The third kappa shape index (κ3) is 2.47. The number of halogens is 2. The number of hydrogen-bond acceptors (Lipinski definition) is 6. The SMILES string of the molecule is C[C@@H]1CN(c2nc(Cl)nc(NN)c2F)CCN1C. The highest BCUT2D eigenvalue weighted by Crippen LogP contribution is 2.25. The Labute approximate surface area is 110 Å². The number of nitrogens with one attached hydrogen (secondary N) is 1. The van der Waals surface area contributed by atoms with E-state index in [0.29, 0.717) is 19.1 Å². The number of aromatic nitrogens is 2. The summed E-state index contributed by atoms with van der Waals surface area (Å²) < 4.78 is 14.1. The van der Waals surface area contributed by atoms with Crippen molar-refractivity contribution in [2.24, 2.45) is 5.84 Å². The van der Waals surface area contributed by atoms with Gasteiger partial charge in [0.2, 0.25) is 11.1 Å². The van der Waals surface area contributed by atoms with E-state index in [2.05, 4.69) is 27.2 Å². The molecule has 6 nitrogen and oxygen atoms in total. The third-order valence-corrected chi connectivity index (χ3v) is 3.37. The van der Waals surface area contributed by atoms with Gasteiger partial charge in [-0.25, -0.2) is 5.84 Å². The quantitative estimate of drug-likeness (QED) is 0.470. The van der Waals surface area contributed by atoms with Crippen LogP contribution in [0.25, 0.3) is 0 Å². The molecule has 2 rings (SSSR count). The van der Waals surface area contributed by atoms with Gasteiger partial charge >= 0.3 is 0 Å². The molecule has 0 saturated carbocycles. The molecule has 0 bridgehead atoms. The number of nitrogens with two attached hydrogens (primary N) is 1. The average Bonchev–Trinajstić information content (AvgIpc) is 2.35. The largest absolute Gasteiger partial charge is 0.351 e. The van der Waals surface area contributed by atoms with Gasteiger partial charge in [0.15, 0.2) is 11.6 Å². The standard InChI is InChI=1S/C10H16ClFN6/c1-6-5-18(4-3-17(6)2)9-7(12)8(16-13)14-10(11)15-9/h6H,3-5,13H2,1-2H3,(H,14,15,16)/t6-/m1/s1. The van der Waals surface area contributed by atoms with E-state index in [1.807, 2.05) is 11.9 Å². The molecule has 1 fully saturated rings. The minimum Gasteiger partial charge on any atom is -0.351 e. The number of nitrogen functional groups attached to an aromatic ring is 1. The van der Waals surface area contributed by atoms with E-state index in [9.17, 15) is 4.39 Å². The Bertz CT molecular complexity index is 443. The maximum atomic E-state index is 14.1. The second-order valence-corrected chi connectivity index (χ2v) is 4.74. The fourth-order valence-electron chi connectivity index (χ4n) is 1.95. The predicted molar refractivity (Wildman–Crippen MR) is 69.1 cm³/mol. The number of anilines is 2. The topological polar surface area (TPSA) is 70.3 Å². The van der Waals surface area contributed by atoms with Crippen LogP contribution in [0.5, 0.6) is 0 Å². The number of nitrogens with zero attached hydrogens (tertiary/aromatic N) is 4. The van der Waals surface area contributed by atoms with E-state index in [4.69, 9.17) is 17.4 Å². The highest BCUT2D eigenvalue weighted by atomic mass is 35.5. The molecule has 0 spiro atoms. The smallest absolute Gasteiger partial charge is 0.226 e. The Morgan fingerprint density at radius 3 is 2.78 bits per heavy atom. The van der Waals surface area contributed by atoms with Crippen LogP contribution in [0.4, 0.5) is 16.0 Å². The molecule has 1 aromatic heterocycles.